The Hall–Kier alpha value is -3.34. The molecule has 0 radical (unpaired) electrons. The van der Waals surface area contributed by atoms with Crippen molar-refractivity contribution in [2.24, 2.45) is 0 Å². The van der Waals surface area contributed by atoms with E-state index in [4.69, 9.17) is 9.47 Å². The molecule has 5 nitrogen and oxygen atoms in total. The first-order valence-electron chi connectivity index (χ1n) is 9.77. The smallest absolute Gasteiger partial charge is 0.192 e. The van der Waals surface area contributed by atoms with Crippen LogP contribution in [0.25, 0.3) is 5.70 Å². The predicted octanol–water partition coefficient (Wildman–Crippen LogP) is 4.01. The van der Waals surface area contributed by atoms with Gasteiger partial charge >= 0.3 is 0 Å². The molecule has 0 bridgehead atoms. The summed E-state index contributed by atoms with van der Waals surface area (Å²) in [6, 6.07) is 13.3. The van der Waals surface area contributed by atoms with E-state index in [0.29, 0.717) is 34.6 Å². The molecule has 2 aromatic rings. The number of benzene rings is 2. The van der Waals surface area contributed by atoms with Crippen LogP contribution in [0.2, 0.25) is 0 Å². The number of fused-ring (bicyclic) bond motifs is 2. The van der Waals surface area contributed by atoms with Crippen LogP contribution in [0.5, 0.6) is 11.5 Å². The molecule has 0 amide bonds. The van der Waals surface area contributed by atoms with Crippen LogP contribution in [0, 0.1) is 0 Å². The normalized spacial score (nSPS) is 20.1. The van der Waals surface area contributed by atoms with Crippen molar-refractivity contribution in [3.8, 4) is 11.5 Å². The Morgan fingerprint density at radius 2 is 1.66 bits per heavy atom. The van der Waals surface area contributed by atoms with Gasteiger partial charge in [-0.05, 0) is 30.5 Å². The van der Waals surface area contributed by atoms with Crippen LogP contribution in [-0.2, 0) is 4.79 Å². The van der Waals surface area contributed by atoms with E-state index < -0.39 is 5.92 Å². The maximum Gasteiger partial charge on any atom is 0.192 e. The molecule has 1 aliphatic heterocycles. The average Bonchev–Trinajstić information content (AvgIpc) is 3.04. The third kappa shape index (κ3) is 2.54. The highest BCUT2D eigenvalue weighted by atomic mass is 16.5. The molecule has 0 spiro atoms. The molecule has 1 heterocycles. The van der Waals surface area contributed by atoms with Gasteiger partial charge in [-0.3, -0.25) is 9.59 Å². The maximum atomic E-state index is 13.4. The van der Waals surface area contributed by atoms with Gasteiger partial charge in [0.25, 0.3) is 0 Å². The summed E-state index contributed by atoms with van der Waals surface area (Å²) >= 11 is 0. The van der Waals surface area contributed by atoms with Gasteiger partial charge in [0.15, 0.2) is 23.1 Å². The van der Waals surface area contributed by atoms with Crippen molar-refractivity contribution >= 4 is 17.3 Å². The Morgan fingerprint density at radius 1 is 0.897 bits per heavy atom. The van der Waals surface area contributed by atoms with Crippen LogP contribution in [-0.4, -0.2) is 25.8 Å². The Bertz CT molecular complexity index is 1130. The van der Waals surface area contributed by atoms with Gasteiger partial charge in [-0.1, -0.05) is 30.3 Å². The molecular formula is C24H21NO4. The van der Waals surface area contributed by atoms with Gasteiger partial charge < -0.3 is 14.8 Å². The van der Waals surface area contributed by atoms with Crippen molar-refractivity contribution in [1.82, 2.24) is 5.32 Å². The standard InChI is InChI=1S/C24H21NO4/c1-28-18-11-10-13(12-19(18)29-2)20-21-16(8-5-9-17(21)26)25-23-14-6-3-4-7-15(14)24(27)22(20)23/h3-4,6-7,10-12,20,25H,5,8-9H2,1-2H3/t20-/m0/s1. The second-order valence-corrected chi connectivity index (χ2v) is 7.50. The third-order valence-electron chi connectivity index (χ3n) is 6.01. The van der Waals surface area contributed by atoms with E-state index in [0.717, 1.165) is 35.4 Å². The first-order chi connectivity index (χ1) is 14.1. The fraction of sp³-hybridized carbons (Fsp3) is 0.250. The van der Waals surface area contributed by atoms with Gasteiger partial charge in [0.1, 0.15) is 0 Å². The second kappa shape index (κ2) is 6.62. The van der Waals surface area contributed by atoms with E-state index in [1.807, 2.05) is 42.5 Å². The Kier molecular flexibility index (Phi) is 4.05. The molecule has 2 aliphatic carbocycles. The lowest BCUT2D eigenvalue weighted by Gasteiger charge is -2.33. The van der Waals surface area contributed by atoms with Gasteiger partial charge in [-0.15, -0.1) is 0 Å². The van der Waals surface area contributed by atoms with E-state index in [1.165, 1.54) is 0 Å². The SMILES string of the molecule is COc1ccc([C@H]2C3=C(CCCC3=O)NC3=C2C(=O)c2ccccc23)cc1OC. The van der Waals surface area contributed by atoms with Gasteiger partial charge in [0, 0.05) is 40.3 Å². The Balaban J connectivity index is 1.74. The van der Waals surface area contributed by atoms with E-state index in [-0.39, 0.29) is 11.6 Å². The number of allylic oxidation sites excluding steroid dienone is 3. The molecule has 3 aliphatic rings. The molecule has 0 saturated heterocycles. The number of rotatable bonds is 3. The van der Waals surface area contributed by atoms with Crippen molar-refractivity contribution < 1.29 is 19.1 Å². The number of ketones is 2. The number of ether oxygens (including phenoxy) is 2. The zero-order valence-corrected chi connectivity index (χ0v) is 16.4. The minimum atomic E-state index is -0.409. The van der Waals surface area contributed by atoms with E-state index in [9.17, 15) is 9.59 Å². The van der Waals surface area contributed by atoms with Crippen molar-refractivity contribution in [3.05, 3.63) is 76.0 Å². The molecule has 1 atom stereocenters. The summed E-state index contributed by atoms with van der Waals surface area (Å²) in [6.45, 7) is 0. The molecule has 5 heteroatoms. The number of methoxy groups -OCH3 is 2. The number of Topliss-reactive ketones (excluding diaryl/α,β-unsaturated/α-hetero) is 2. The number of hydrogen-bond acceptors (Lipinski definition) is 5. The first-order valence-corrected chi connectivity index (χ1v) is 9.77. The number of nitrogens with one attached hydrogen (secondary N) is 1. The molecule has 0 aromatic heterocycles. The summed E-state index contributed by atoms with van der Waals surface area (Å²) < 4.78 is 10.9. The molecule has 5 rings (SSSR count). The average molecular weight is 387 g/mol. The molecule has 2 aromatic carbocycles. The third-order valence-corrected chi connectivity index (χ3v) is 6.01. The lowest BCUT2D eigenvalue weighted by Crippen LogP contribution is -2.31. The first kappa shape index (κ1) is 17.7. The predicted molar refractivity (Wildman–Crippen MR) is 109 cm³/mol. The number of hydrogen-bond donors (Lipinski definition) is 1. The van der Waals surface area contributed by atoms with Gasteiger partial charge in [-0.2, -0.15) is 0 Å². The highest BCUT2D eigenvalue weighted by Crippen LogP contribution is 2.49. The number of carbonyl (C=O) groups is 2. The van der Waals surface area contributed by atoms with Crippen LogP contribution in [0.1, 0.15) is 46.7 Å². The van der Waals surface area contributed by atoms with E-state index in [1.54, 1.807) is 14.2 Å². The molecule has 0 unspecified atom stereocenters. The van der Waals surface area contributed by atoms with Crippen LogP contribution in [0.4, 0.5) is 0 Å². The summed E-state index contributed by atoms with van der Waals surface area (Å²) in [4.78, 5) is 26.4. The second-order valence-electron chi connectivity index (χ2n) is 7.50. The minimum absolute atomic E-state index is 0.0205. The number of dihydropyridines is 1. The lowest BCUT2D eigenvalue weighted by atomic mass is 9.75. The maximum absolute atomic E-state index is 13.4. The van der Waals surface area contributed by atoms with Crippen LogP contribution in [0.3, 0.4) is 0 Å². The highest BCUT2D eigenvalue weighted by molar-refractivity contribution is 6.23. The van der Waals surface area contributed by atoms with Crippen LogP contribution < -0.4 is 14.8 Å². The Morgan fingerprint density at radius 3 is 2.41 bits per heavy atom. The van der Waals surface area contributed by atoms with Crippen molar-refractivity contribution in [3.63, 3.8) is 0 Å². The highest BCUT2D eigenvalue weighted by Gasteiger charge is 2.43. The van der Waals surface area contributed by atoms with Crippen molar-refractivity contribution in [2.45, 2.75) is 25.2 Å². The van der Waals surface area contributed by atoms with E-state index >= 15 is 0 Å². The zero-order valence-electron chi connectivity index (χ0n) is 16.4. The van der Waals surface area contributed by atoms with Crippen LogP contribution >= 0.6 is 0 Å². The topological polar surface area (TPSA) is 64.6 Å². The fourth-order valence-corrected chi connectivity index (χ4v) is 4.70. The number of carbonyl (C=O) groups excluding carboxylic acids is 2. The van der Waals surface area contributed by atoms with Crippen molar-refractivity contribution in [1.29, 1.82) is 0 Å². The van der Waals surface area contributed by atoms with E-state index in [2.05, 4.69) is 5.32 Å². The monoisotopic (exact) mass is 387 g/mol. The van der Waals surface area contributed by atoms with Crippen molar-refractivity contribution in [2.75, 3.05) is 14.2 Å². The molecule has 1 N–H and O–H groups in total. The molecule has 0 fully saturated rings. The van der Waals surface area contributed by atoms with Gasteiger partial charge in [-0.25, -0.2) is 0 Å². The molecule has 29 heavy (non-hydrogen) atoms. The summed E-state index contributed by atoms with van der Waals surface area (Å²) in [6.07, 6.45) is 2.13. The molecular weight excluding hydrogens is 366 g/mol. The molecule has 0 saturated carbocycles. The Labute approximate surface area is 169 Å². The summed E-state index contributed by atoms with van der Waals surface area (Å²) in [5, 5.41) is 3.45. The summed E-state index contributed by atoms with van der Waals surface area (Å²) in [7, 11) is 3.17. The minimum Gasteiger partial charge on any atom is -0.493 e. The zero-order chi connectivity index (χ0) is 20.1. The largest absolute Gasteiger partial charge is 0.493 e. The lowest BCUT2D eigenvalue weighted by molar-refractivity contribution is -0.116. The molecule has 146 valence electrons. The van der Waals surface area contributed by atoms with Gasteiger partial charge in [0.2, 0.25) is 0 Å². The summed E-state index contributed by atoms with van der Waals surface area (Å²) in [5.41, 5.74) is 5.57. The fourth-order valence-electron chi connectivity index (χ4n) is 4.70. The quantitative estimate of drug-likeness (QED) is 0.862. The van der Waals surface area contributed by atoms with Gasteiger partial charge in [0.05, 0.1) is 19.9 Å². The summed E-state index contributed by atoms with van der Waals surface area (Å²) in [5.74, 6) is 0.874. The van der Waals surface area contributed by atoms with Crippen LogP contribution in [0.15, 0.2) is 59.3 Å².